The van der Waals surface area contributed by atoms with Gasteiger partial charge in [-0.25, -0.2) is 0 Å². The molecule has 0 saturated heterocycles. The van der Waals surface area contributed by atoms with E-state index in [0.717, 1.165) is 60.8 Å². The molecule has 0 aliphatic carbocycles. The van der Waals surface area contributed by atoms with Gasteiger partial charge in [-0.2, -0.15) is 18.4 Å². The van der Waals surface area contributed by atoms with E-state index in [1.807, 2.05) is 71.5 Å². The highest BCUT2D eigenvalue weighted by molar-refractivity contribution is 6.11. The minimum atomic E-state index is -4.58. The standard InChI is InChI=1S/C41H28F3N3/c1-24-15-17-30-28-10-4-6-13-34(28)46(36(30)19-24)38-21-27(40-26(3)9-8-12-33(40)41(42,43)44)22-39(32(38)23-45)47-35-14-7-5-11-29(35)31-18-16-25(2)20-37(31)47/h4-22H,1-3H3. The number of rotatable bonds is 3. The lowest BCUT2D eigenvalue weighted by molar-refractivity contribution is -0.137. The maximum atomic E-state index is 14.7. The van der Waals surface area contributed by atoms with Gasteiger partial charge in [0, 0.05) is 21.5 Å². The monoisotopic (exact) mass is 619 g/mol. The van der Waals surface area contributed by atoms with Crippen LogP contribution in [0.5, 0.6) is 0 Å². The zero-order valence-corrected chi connectivity index (χ0v) is 25.9. The number of aromatic nitrogens is 2. The SMILES string of the molecule is Cc1ccc2c3ccccc3n(-c3cc(-c4c(C)cccc4C(F)(F)F)cc(-n4c5ccccc5c5ccc(C)cc54)c3C#N)c2c1. The van der Waals surface area contributed by atoms with Crippen molar-refractivity contribution in [2.24, 2.45) is 0 Å². The fraction of sp³-hybridized carbons (Fsp3) is 0.0976. The van der Waals surface area contributed by atoms with E-state index in [1.54, 1.807) is 25.1 Å². The zero-order valence-electron chi connectivity index (χ0n) is 25.9. The highest BCUT2D eigenvalue weighted by Gasteiger charge is 2.35. The molecule has 0 bridgehead atoms. The number of hydrogen-bond donors (Lipinski definition) is 0. The number of nitriles is 1. The van der Waals surface area contributed by atoms with Crippen LogP contribution in [0.1, 0.15) is 27.8 Å². The second-order valence-electron chi connectivity index (χ2n) is 12.2. The van der Waals surface area contributed by atoms with E-state index in [9.17, 15) is 18.4 Å². The van der Waals surface area contributed by atoms with Crippen molar-refractivity contribution in [1.82, 2.24) is 9.13 Å². The molecule has 8 rings (SSSR count). The van der Waals surface area contributed by atoms with Gasteiger partial charge in [-0.1, -0.05) is 72.8 Å². The lowest BCUT2D eigenvalue weighted by Gasteiger charge is -2.21. The average Bonchev–Trinajstić information content (AvgIpc) is 3.55. The van der Waals surface area contributed by atoms with Gasteiger partial charge in [0.1, 0.15) is 11.6 Å². The van der Waals surface area contributed by atoms with Crippen LogP contribution in [0.2, 0.25) is 0 Å². The predicted molar refractivity (Wildman–Crippen MR) is 184 cm³/mol. The summed E-state index contributed by atoms with van der Waals surface area (Å²) in [4.78, 5) is 0. The van der Waals surface area contributed by atoms with Crippen LogP contribution in [0.15, 0.2) is 115 Å². The molecule has 6 aromatic carbocycles. The number of aryl methyl sites for hydroxylation is 3. The van der Waals surface area contributed by atoms with Crippen molar-refractivity contribution in [2.45, 2.75) is 26.9 Å². The van der Waals surface area contributed by atoms with Crippen LogP contribution < -0.4 is 0 Å². The summed E-state index contributed by atoms with van der Waals surface area (Å²) in [6.07, 6.45) is -4.58. The number of halogens is 3. The molecule has 8 aromatic rings. The molecule has 2 heterocycles. The number of fused-ring (bicyclic) bond motifs is 6. The van der Waals surface area contributed by atoms with Crippen LogP contribution in [-0.2, 0) is 6.18 Å². The molecule has 0 amide bonds. The van der Waals surface area contributed by atoms with Gasteiger partial charge in [0.25, 0.3) is 0 Å². The van der Waals surface area contributed by atoms with Crippen LogP contribution in [0, 0.1) is 32.1 Å². The minimum Gasteiger partial charge on any atom is -0.308 e. The van der Waals surface area contributed by atoms with Gasteiger partial charge in [0.05, 0.1) is 39.0 Å². The fourth-order valence-electron chi connectivity index (χ4n) is 7.19. The summed E-state index contributed by atoms with van der Waals surface area (Å²) in [5, 5.41) is 15.0. The van der Waals surface area contributed by atoms with Crippen molar-refractivity contribution in [3.05, 3.63) is 143 Å². The zero-order chi connectivity index (χ0) is 32.6. The van der Waals surface area contributed by atoms with Gasteiger partial charge >= 0.3 is 6.18 Å². The van der Waals surface area contributed by atoms with Gasteiger partial charge in [-0.15, -0.1) is 0 Å². The summed E-state index contributed by atoms with van der Waals surface area (Å²) in [5.74, 6) is 0. The van der Waals surface area contributed by atoms with Gasteiger partial charge in [0.15, 0.2) is 0 Å². The Hall–Kier alpha value is -5.80. The third-order valence-electron chi connectivity index (χ3n) is 9.22. The quantitative estimate of drug-likeness (QED) is 0.194. The predicted octanol–water partition coefficient (Wildman–Crippen LogP) is 11.4. The Kier molecular flexibility index (Phi) is 6.32. The van der Waals surface area contributed by atoms with Crippen molar-refractivity contribution < 1.29 is 13.2 Å². The van der Waals surface area contributed by atoms with E-state index in [4.69, 9.17) is 0 Å². The number of benzene rings is 6. The van der Waals surface area contributed by atoms with E-state index in [-0.39, 0.29) is 5.56 Å². The highest BCUT2D eigenvalue weighted by Crippen LogP contribution is 2.44. The summed E-state index contributed by atoms with van der Waals surface area (Å²) in [6.45, 7) is 5.73. The van der Waals surface area contributed by atoms with Gasteiger partial charge < -0.3 is 9.13 Å². The molecular formula is C41H28F3N3. The number of nitrogens with zero attached hydrogens (tertiary/aromatic N) is 3. The topological polar surface area (TPSA) is 33.6 Å². The molecule has 0 unspecified atom stereocenters. The molecule has 3 nitrogen and oxygen atoms in total. The maximum absolute atomic E-state index is 14.7. The largest absolute Gasteiger partial charge is 0.417 e. The first-order valence-corrected chi connectivity index (χ1v) is 15.4. The van der Waals surface area contributed by atoms with Crippen molar-refractivity contribution in [2.75, 3.05) is 0 Å². The molecule has 0 aliphatic rings. The molecule has 47 heavy (non-hydrogen) atoms. The van der Waals surface area contributed by atoms with Crippen LogP contribution in [-0.4, -0.2) is 9.13 Å². The molecular weight excluding hydrogens is 591 g/mol. The Bertz CT molecular complexity index is 2470. The van der Waals surface area contributed by atoms with Crippen LogP contribution >= 0.6 is 0 Å². The van der Waals surface area contributed by atoms with Gasteiger partial charge in [0.2, 0.25) is 0 Å². The Balaban J connectivity index is 1.61. The third kappa shape index (κ3) is 4.34. The van der Waals surface area contributed by atoms with Crippen LogP contribution in [0.25, 0.3) is 66.1 Å². The molecule has 0 aliphatic heterocycles. The van der Waals surface area contributed by atoms with Crippen LogP contribution in [0.4, 0.5) is 13.2 Å². The number of alkyl halides is 3. The first-order chi connectivity index (χ1) is 22.7. The Morgan fingerprint density at radius 3 is 1.53 bits per heavy atom. The molecule has 228 valence electrons. The summed E-state index contributed by atoms with van der Waals surface area (Å²) in [6, 6.07) is 38.6. The van der Waals surface area contributed by atoms with E-state index >= 15 is 0 Å². The summed E-state index contributed by atoms with van der Waals surface area (Å²) in [5.41, 5.74) is 7.24. The van der Waals surface area contributed by atoms with Crippen molar-refractivity contribution in [1.29, 1.82) is 5.26 Å². The van der Waals surface area contributed by atoms with Crippen molar-refractivity contribution in [3.63, 3.8) is 0 Å². The number of para-hydroxylation sites is 2. The van der Waals surface area contributed by atoms with E-state index < -0.39 is 11.7 Å². The van der Waals surface area contributed by atoms with E-state index in [1.165, 1.54) is 6.07 Å². The molecule has 2 aromatic heterocycles. The smallest absolute Gasteiger partial charge is 0.308 e. The molecule has 0 radical (unpaired) electrons. The maximum Gasteiger partial charge on any atom is 0.417 e. The Morgan fingerprint density at radius 2 is 1.04 bits per heavy atom. The van der Waals surface area contributed by atoms with Crippen molar-refractivity contribution in [3.8, 4) is 28.6 Å². The normalized spacial score (nSPS) is 12.0. The number of hydrogen-bond acceptors (Lipinski definition) is 1. The van der Waals surface area contributed by atoms with Gasteiger partial charge in [-0.05, 0) is 91.1 Å². The second kappa shape index (κ2) is 10.4. The van der Waals surface area contributed by atoms with Crippen molar-refractivity contribution >= 4 is 43.6 Å². The first-order valence-electron chi connectivity index (χ1n) is 15.4. The molecule has 0 fully saturated rings. The average molecular weight is 620 g/mol. The van der Waals surface area contributed by atoms with Gasteiger partial charge in [-0.3, -0.25) is 0 Å². The Morgan fingerprint density at radius 1 is 0.553 bits per heavy atom. The fourth-order valence-corrected chi connectivity index (χ4v) is 7.19. The molecule has 0 N–H and O–H groups in total. The van der Waals surface area contributed by atoms with E-state index in [2.05, 4.69) is 42.5 Å². The second-order valence-corrected chi connectivity index (χ2v) is 12.2. The third-order valence-corrected chi connectivity index (χ3v) is 9.22. The van der Waals surface area contributed by atoms with E-state index in [0.29, 0.717) is 28.1 Å². The minimum absolute atomic E-state index is 0.0980. The molecule has 6 heteroatoms. The lowest BCUT2D eigenvalue weighted by Crippen LogP contribution is -2.10. The summed E-state index contributed by atoms with van der Waals surface area (Å²) in [7, 11) is 0. The highest BCUT2D eigenvalue weighted by atomic mass is 19.4. The molecule has 0 atom stereocenters. The Labute approximate surface area is 269 Å². The molecule has 0 saturated carbocycles. The first kappa shape index (κ1) is 28.7. The lowest BCUT2D eigenvalue weighted by atomic mass is 9.92. The summed E-state index contributed by atoms with van der Waals surface area (Å²) >= 11 is 0. The molecule has 0 spiro atoms. The van der Waals surface area contributed by atoms with Crippen LogP contribution in [0.3, 0.4) is 0 Å². The summed E-state index contributed by atoms with van der Waals surface area (Å²) < 4.78 is 48.1.